The number of hydrogen-bond acceptors (Lipinski definition) is 6. The average Bonchev–Trinajstić information content (AvgIpc) is 2.87. The third-order valence-corrected chi connectivity index (χ3v) is 5.65. The lowest BCUT2D eigenvalue weighted by molar-refractivity contribution is -0.677. The van der Waals surface area contributed by atoms with Crippen molar-refractivity contribution in [3.05, 3.63) is 22.4 Å². The molecule has 1 aromatic rings. The minimum absolute atomic E-state index is 0.158. The van der Waals surface area contributed by atoms with Crippen LogP contribution in [0.2, 0.25) is 0 Å². The maximum Gasteiger partial charge on any atom is 0.343 e. The highest BCUT2D eigenvalue weighted by Crippen LogP contribution is 2.79. The van der Waals surface area contributed by atoms with Crippen LogP contribution in [-0.2, 0) is 9.47 Å². The number of thiophene rings is 1. The number of nitrogens with zero attached hydrogens (tertiary/aromatic N) is 2. The van der Waals surface area contributed by atoms with Crippen molar-refractivity contribution in [1.29, 1.82) is 10.5 Å². The van der Waals surface area contributed by atoms with E-state index in [1.807, 2.05) is 24.4 Å². The van der Waals surface area contributed by atoms with Gasteiger partial charge in [0.2, 0.25) is 0 Å². The normalized spacial score (nSPS) is 46.7. The van der Waals surface area contributed by atoms with Gasteiger partial charge in [0.25, 0.3) is 5.84 Å². The van der Waals surface area contributed by atoms with E-state index < -0.39 is 16.7 Å². The summed E-state index contributed by atoms with van der Waals surface area (Å²) in [6.07, 6.45) is -0.158. The second-order valence-corrected chi connectivity index (χ2v) is 6.66. The van der Waals surface area contributed by atoms with Gasteiger partial charge in [0.15, 0.2) is 10.8 Å². The lowest BCUT2D eigenvalue weighted by Gasteiger charge is -2.23. The molecule has 3 N–H and O–H groups in total. The van der Waals surface area contributed by atoms with E-state index in [1.54, 1.807) is 0 Å². The molecule has 0 radical (unpaired) electrons. The molecule has 1 aromatic heterocycles. The Kier molecular flexibility index (Phi) is 2.21. The van der Waals surface area contributed by atoms with Crippen LogP contribution in [0.15, 0.2) is 17.5 Å². The molecule has 0 aromatic carbocycles. The standard InChI is InChI=1S/C14H12N4O2S/c1-8-5-19-14(20-8)13(7-16)10(9-3-2-4-21-9)12(13,6-15)11(17)18-14/h2-4,8,10H,5H2,1H3,(H2,17,18)/p+1/t8-,10-,12-,13-,14+/m1/s1. The Bertz CT molecular complexity index is 733. The molecule has 1 aliphatic carbocycles. The summed E-state index contributed by atoms with van der Waals surface area (Å²) in [4.78, 5) is 3.90. The minimum atomic E-state index is -1.32. The van der Waals surface area contributed by atoms with Crippen LogP contribution in [0.5, 0.6) is 0 Å². The topological polar surface area (TPSA) is 106 Å². The fraction of sp³-hybridized carbons (Fsp3) is 0.500. The van der Waals surface area contributed by atoms with E-state index in [9.17, 15) is 10.5 Å². The van der Waals surface area contributed by atoms with Crippen molar-refractivity contribution in [3.8, 4) is 12.1 Å². The van der Waals surface area contributed by atoms with Crippen molar-refractivity contribution in [1.82, 2.24) is 0 Å². The number of nitrogens with two attached hydrogens (primary N) is 1. The number of fused-ring (bicyclic) bond motifs is 2. The third-order valence-electron chi connectivity index (χ3n) is 4.72. The molecule has 0 bridgehead atoms. The first-order valence-electron chi connectivity index (χ1n) is 6.67. The summed E-state index contributed by atoms with van der Waals surface area (Å²) in [7, 11) is 0. The quantitative estimate of drug-likeness (QED) is 0.721. The molecule has 1 spiro atoms. The number of amidine groups is 1. The molecule has 106 valence electrons. The first kappa shape index (κ1) is 12.8. The van der Waals surface area contributed by atoms with Crippen LogP contribution in [0.3, 0.4) is 0 Å². The molecule has 21 heavy (non-hydrogen) atoms. The van der Waals surface area contributed by atoms with Gasteiger partial charge >= 0.3 is 5.91 Å². The summed E-state index contributed by atoms with van der Waals surface area (Å²) in [5, 5.41) is 21.6. The molecule has 2 aliphatic heterocycles. The highest BCUT2D eigenvalue weighted by atomic mass is 32.1. The van der Waals surface area contributed by atoms with Crippen LogP contribution in [0, 0.1) is 33.5 Å². The molecule has 7 heteroatoms. The van der Waals surface area contributed by atoms with Gasteiger partial charge in [-0.3, -0.25) is 5.73 Å². The summed E-state index contributed by atoms with van der Waals surface area (Å²) in [6, 6.07) is 8.38. The Morgan fingerprint density at radius 3 is 2.81 bits per heavy atom. The Labute approximate surface area is 125 Å². The Morgan fingerprint density at radius 1 is 1.48 bits per heavy atom. The minimum Gasteiger partial charge on any atom is -0.311 e. The Balaban J connectivity index is 1.94. The van der Waals surface area contributed by atoms with E-state index in [1.165, 1.54) is 11.3 Å². The number of ether oxygens (including phenoxy) is 2. The van der Waals surface area contributed by atoms with E-state index in [0.29, 0.717) is 6.61 Å². The second-order valence-electron chi connectivity index (χ2n) is 5.68. The molecule has 6 nitrogen and oxygen atoms in total. The van der Waals surface area contributed by atoms with Crippen molar-refractivity contribution in [3.63, 3.8) is 0 Å². The molecule has 3 heterocycles. The van der Waals surface area contributed by atoms with Gasteiger partial charge in [0.1, 0.15) is 0 Å². The largest absolute Gasteiger partial charge is 0.343 e. The average molecular weight is 301 g/mol. The molecule has 1 saturated carbocycles. The second kappa shape index (κ2) is 3.63. The maximum atomic E-state index is 9.90. The monoisotopic (exact) mass is 301 g/mol. The Hall–Kier alpha value is -1.93. The first-order chi connectivity index (χ1) is 10.1. The lowest BCUT2D eigenvalue weighted by atomic mass is 9.94. The van der Waals surface area contributed by atoms with Gasteiger partial charge in [-0.25, -0.2) is 4.99 Å². The molecule has 5 atom stereocenters. The van der Waals surface area contributed by atoms with Gasteiger partial charge in [0, 0.05) is 4.88 Å². The van der Waals surface area contributed by atoms with Gasteiger partial charge in [-0.15, -0.1) is 11.3 Å². The summed E-state index contributed by atoms with van der Waals surface area (Å²) >= 11 is 1.51. The number of hydrogen-bond donors (Lipinski definition) is 2. The van der Waals surface area contributed by atoms with E-state index in [2.05, 4.69) is 17.1 Å². The van der Waals surface area contributed by atoms with Crippen molar-refractivity contribution in [2.45, 2.75) is 24.9 Å². The maximum absolute atomic E-state index is 9.90. The van der Waals surface area contributed by atoms with Crippen LogP contribution in [-0.4, -0.2) is 24.5 Å². The highest BCUT2D eigenvalue weighted by Gasteiger charge is 2.98. The van der Waals surface area contributed by atoms with Gasteiger partial charge in [0.05, 0.1) is 30.8 Å². The van der Waals surface area contributed by atoms with Gasteiger partial charge in [-0.1, -0.05) is 6.07 Å². The van der Waals surface area contributed by atoms with Gasteiger partial charge in [-0.05, 0) is 18.4 Å². The van der Waals surface area contributed by atoms with Crippen molar-refractivity contribution >= 4 is 17.2 Å². The lowest BCUT2D eigenvalue weighted by Crippen LogP contribution is -2.90. The van der Waals surface area contributed by atoms with Crippen LogP contribution >= 0.6 is 11.3 Å². The fourth-order valence-electron chi connectivity index (χ4n) is 3.85. The summed E-state index contributed by atoms with van der Waals surface area (Å²) in [5.41, 5.74) is 3.85. The van der Waals surface area contributed by atoms with E-state index in [0.717, 1.165) is 4.88 Å². The molecular formula is C14H13N4O2S+. The zero-order valence-electron chi connectivity index (χ0n) is 11.3. The van der Waals surface area contributed by atoms with E-state index >= 15 is 0 Å². The van der Waals surface area contributed by atoms with Crippen molar-refractivity contribution in [2.24, 2.45) is 16.6 Å². The van der Waals surface area contributed by atoms with E-state index in [-0.39, 0.29) is 17.9 Å². The molecule has 1 saturated heterocycles. The predicted octanol–water partition coefficient (Wildman–Crippen LogP) is -0.594. The number of nitriles is 2. The molecule has 0 amide bonds. The molecule has 2 fully saturated rings. The van der Waals surface area contributed by atoms with Crippen molar-refractivity contribution < 1.29 is 14.5 Å². The van der Waals surface area contributed by atoms with Crippen LogP contribution in [0.1, 0.15) is 17.7 Å². The summed E-state index contributed by atoms with van der Waals surface area (Å²) in [6.45, 7) is 2.23. The first-order valence-corrected chi connectivity index (χ1v) is 7.54. The number of nitrogens with one attached hydrogen (secondary N) is 1. The van der Waals surface area contributed by atoms with Gasteiger partial charge < -0.3 is 9.47 Å². The summed E-state index contributed by atoms with van der Waals surface area (Å²) in [5.74, 6) is -1.39. The molecule has 0 unspecified atom stereocenters. The van der Waals surface area contributed by atoms with Gasteiger partial charge in [-0.2, -0.15) is 10.5 Å². The number of rotatable bonds is 1. The zero-order valence-corrected chi connectivity index (χ0v) is 12.1. The van der Waals surface area contributed by atoms with Crippen molar-refractivity contribution in [2.75, 3.05) is 6.61 Å². The highest BCUT2D eigenvalue weighted by molar-refractivity contribution is 7.10. The SMILES string of the molecule is C[C@@H]1CO[C@]2([NH+]=C(N)[C@@]3(C#N)[C@@H](c4cccs4)[C@@]23C#N)O1. The fourth-order valence-corrected chi connectivity index (χ4v) is 4.81. The molecule has 4 rings (SSSR count). The molecular weight excluding hydrogens is 288 g/mol. The van der Waals surface area contributed by atoms with E-state index in [4.69, 9.17) is 15.2 Å². The Morgan fingerprint density at radius 2 is 2.29 bits per heavy atom. The summed E-state index contributed by atoms with van der Waals surface area (Å²) < 4.78 is 11.7. The van der Waals surface area contributed by atoms with Crippen LogP contribution in [0.4, 0.5) is 0 Å². The van der Waals surface area contributed by atoms with Crippen LogP contribution in [0.25, 0.3) is 0 Å². The predicted molar refractivity (Wildman–Crippen MR) is 72.5 cm³/mol. The third kappa shape index (κ3) is 1.10. The van der Waals surface area contributed by atoms with Crippen LogP contribution < -0.4 is 10.7 Å². The molecule has 3 aliphatic rings. The zero-order chi connectivity index (χ0) is 14.9. The smallest absolute Gasteiger partial charge is 0.311 e.